The summed E-state index contributed by atoms with van der Waals surface area (Å²) in [6.07, 6.45) is 1.83. The summed E-state index contributed by atoms with van der Waals surface area (Å²) in [5.41, 5.74) is 2.34. The van der Waals surface area contributed by atoms with E-state index in [1.807, 2.05) is 37.3 Å². The number of carbonyl (C=O) groups is 2. The third-order valence-electron chi connectivity index (χ3n) is 7.51. The molecule has 2 amide bonds. The van der Waals surface area contributed by atoms with Gasteiger partial charge in [-0.2, -0.15) is 0 Å². The van der Waals surface area contributed by atoms with Crippen molar-refractivity contribution in [1.29, 1.82) is 0 Å². The van der Waals surface area contributed by atoms with Crippen LogP contribution < -0.4 is 9.62 Å². The molecule has 4 aromatic rings. The van der Waals surface area contributed by atoms with Gasteiger partial charge in [0.05, 0.1) is 10.6 Å². The topological polar surface area (TPSA) is 86.8 Å². The molecule has 0 aliphatic carbocycles. The monoisotopic (exact) mass is 699 g/mol. The summed E-state index contributed by atoms with van der Waals surface area (Å²) >= 11 is 19.2. The largest absolute Gasteiger partial charge is 0.354 e. The normalized spacial score (nSPS) is 11.9. The van der Waals surface area contributed by atoms with Crippen LogP contribution in [0.3, 0.4) is 0 Å². The van der Waals surface area contributed by atoms with Gasteiger partial charge in [-0.1, -0.05) is 109 Å². The summed E-state index contributed by atoms with van der Waals surface area (Å²) < 4.78 is 29.2. The van der Waals surface area contributed by atoms with Crippen LogP contribution in [0.1, 0.15) is 36.5 Å². The van der Waals surface area contributed by atoms with E-state index in [9.17, 15) is 18.0 Å². The maximum Gasteiger partial charge on any atom is 0.264 e. The van der Waals surface area contributed by atoms with Crippen LogP contribution in [0.2, 0.25) is 15.1 Å². The highest BCUT2D eigenvalue weighted by Crippen LogP contribution is 2.29. The van der Waals surface area contributed by atoms with Gasteiger partial charge in [-0.3, -0.25) is 13.9 Å². The lowest BCUT2D eigenvalue weighted by molar-refractivity contribution is -0.140. The molecule has 0 bridgehead atoms. The van der Waals surface area contributed by atoms with E-state index in [2.05, 4.69) is 5.32 Å². The molecule has 0 saturated carbocycles. The number of rotatable bonds is 14. The van der Waals surface area contributed by atoms with Crippen molar-refractivity contribution in [2.75, 3.05) is 17.4 Å². The summed E-state index contributed by atoms with van der Waals surface area (Å²) in [6.45, 7) is 3.58. The van der Waals surface area contributed by atoms with Gasteiger partial charge in [-0.05, 0) is 66.4 Å². The van der Waals surface area contributed by atoms with Crippen LogP contribution in [0, 0.1) is 6.92 Å². The molecule has 242 valence electrons. The minimum atomic E-state index is -4.24. The second-order valence-corrected chi connectivity index (χ2v) is 14.0. The van der Waals surface area contributed by atoms with Gasteiger partial charge in [0.25, 0.3) is 10.0 Å². The number of amides is 2. The van der Waals surface area contributed by atoms with Crippen LogP contribution >= 0.6 is 34.8 Å². The van der Waals surface area contributed by atoms with E-state index < -0.39 is 28.5 Å². The van der Waals surface area contributed by atoms with Gasteiger partial charge >= 0.3 is 0 Å². The molecule has 0 spiro atoms. The average molecular weight is 701 g/mol. The van der Waals surface area contributed by atoms with Crippen LogP contribution in [0.25, 0.3) is 0 Å². The minimum absolute atomic E-state index is 0.00457. The maximum atomic E-state index is 14.5. The number of nitrogens with zero attached hydrogens (tertiary/aromatic N) is 2. The quantitative estimate of drug-likeness (QED) is 0.137. The smallest absolute Gasteiger partial charge is 0.264 e. The molecule has 1 atom stereocenters. The number of carbonyl (C=O) groups excluding carboxylic acids is 2. The number of hydrogen-bond acceptors (Lipinski definition) is 4. The minimum Gasteiger partial charge on any atom is -0.354 e. The molecule has 4 aromatic carbocycles. The number of nitrogens with one attached hydrogen (secondary N) is 1. The standard InChI is InChI=1S/C35H36Cl3N3O4S/c1-3-4-19-39-35(43)33(20-26-11-7-5-8-12-26)40(23-27-16-17-28(36)21-32(27)38)34(42)24-41(29-18-15-25(2)31(37)22-29)46(44,45)30-13-9-6-10-14-30/h5-18,21-22,33H,3-4,19-20,23-24H2,1-2H3,(H,39,43). The Morgan fingerprint density at radius 2 is 1.52 bits per heavy atom. The zero-order valence-electron chi connectivity index (χ0n) is 25.6. The number of hydrogen-bond donors (Lipinski definition) is 1. The van der Waals surface area contributed by atoms with Crippen LogP contribution in [0.4, 0.5) is 5.69 Å². The predicted molar refractivity (Wildman–Crippen MR) is 186 cm³/mol. The number of halogens is 3. The maximum absolute atomic E-state index is 14.5. The van der Waals surface area contributed by atoms with Crippen molar-refractivity contribution in [3.63, 3.8) is 0 Å². The zero-order chi connectivity index (χ0) is 33.3. The van der Waals surface area contributed by atoms with Crippen molar-refractivity contribution in [3.8, 4) is 0 Å². The van der Waals surface area contributed by atoms with E-state index in [1.165, 1.54) is 23.1 Å². The zero-order valence-corrected chi connectivity index (χ0v) is 28.7. The Kier molecular flexibility index (Phi) is 12.5. The van der Waals surface area contributed by atoms with Crippen LogP contribution in [0.5, 0.6) is 0 Å². The van der Waals surface area contributed by atoms with E-state index in [0.29, 0.717) is 27.2 Å². The summed E-state index contributed by atoms with van der Waals surface area (Å²) in [5, 5.41) is 4.05. The Bertz CT molecular complexity index is 1760. The first-order valence-electron chi connectivity index (χ1n) is 14.9. The van der Waals surface area contributed by atoms with Crippen molar-refractivity contribution in [3.05, 3.63) is 129 Å². The second-order valence-electron chi connectivity index (χ2n) is 10.9. The number of sulfonamides is 1. The van der Waals surface area contributed by atoms with Gasteiger partial charge in [-0.25, -0.2) is 8.42 Å². The summed E-state index contributed by atoms with van der Waals surface area (Å²) in [4.78, 5) is 29.8. The van der Waals surface area contributed by atoms with Crippen LogP contribution in [-0.4, -0.2) is 44.3 Å². The van der Waals surface area contributed by atoms with Crippen molar-refractivity contribution < 1.29 is 18.0 Å². The van der Waals surface area contributed by atoms with Gasteiger partial charge in [0.2, 0.25) is 11.8 Å². The third kappa shape index (κ3) is 9.04. The first-order chi connectivity index (χ1) is 22.0. The fourth-order valence-electron chi connectivity index (χ4n) is 4.88. The number of benzene rings is 4. The van der Waals surface area contributed by atoms with Crippen LogP contribution in [0.15, 0.2) is 102 Å². The molecule has 0 aliphatic rings. The molecule has 46 heavy (non-hydrogen) atoms. The molecule has 7 nitrogen and oxygen atoms in total. The van der Waals surface area contributed by atoms with Crippen LogP contribution in [-0.2, 0) is 32.6 Å². The molecule has 1 N–H and O–H groups in total. The first kappa shape index (κ1) is 35.3. The molecule has 0 saturated heterocycles. The van der Waals surface area contributed by atoms with E-state index in [0.717, 1.165) is 28.3 Å². The molecular formula is C35H36Cl3N3O4S. The number of anilines is 1. The predicted octanol–water partition coefficient (Wildman–Crippen LogP) is 7.71. The Hall–Kier alpha value is -3.56. The lowest BCUT2D eigenvalue weighted by Crippen LogP contribution is -2.53. The number of aryl methyl sites for hydroxylation is 1. The van der Waals surface area contributed by atoms with E-state index in [-0.39, 0.29) is 29.5 Å². The van der Waals surface area contributed by atoms with E-state index in [4.69, 9.17) is 34.8 Å². The highest BCUT2D eigenvalue weighted by atomic mass is 35.5. The van der Waals surface area contributed by atoms with Gasteiger partial charge in [-0.15, -0.1) is 0 Å². The fourth-order valence-corrected chi connectivity index (χ4v) is 6.95. The average Bonchev–Trinajstić information content (AvgIpc) is 3.04. The molecule has 1 unspecified atom stereocenters. The SMILES string of the molecule is CCCCNC(=O)C(Cc1ccccc1)N(Cc1ccc(Cl)cc1Cl)C(=O)CN(c1ccc(C)c(Cl)c1)S(=O)(=O)c1ccccc1. The molecule has 0 aromatic heterocycles. The van der Waals surface area contributed by atoms with Gasteiger partial charge < -0.3 is 10.2 Å². The molecule has 0 aliphatic heterocycles. The second kappa shape index (κ2) is 16.3. The fraction of sp³-hybridized carbons (Fsp3) is 0.257. The lowest BCUT2D eigenvalue weighted by atomic mass is 10.0. The molecule has 0 heterocycles. The van der Waals surface area contributed by atoms with Gasteiger partial charge in [0.1, 0.15) is 12.6 Å². The Labute approximate surface area is 286 Å². The Morgan fingerprint density at radius 3 is 2.15 bits per heavy atom. The molecule has 4 rings (SSSR count). The summed E-state index contributed by atoms with van der Waals surface area (Å²) in [7, 11) is -4.24. The van der Waals surface area contributed by atoms with Gasteiger partial charge in [0.15, 0.2) is 0 Å². The molecule has 0 fully saturated rings. The molecule has 11 heteroatoms. The van der Waals surface area contributed by atoms with Crippen molar-refractivity contribution >= 4 is 62.3 Å². The lowest BCUT2D eigenvalue weighted by Gasteiger charge is -2.34. The van der Waals surface area contributed by atoms with Crippen molar-refractivity contribution in [1.82, 2.24) is 10.2 Å². The van der Waals surface area contributed by atoms with Gasteiger partial charge in [0, 0.05) is 34.6 Å². The summed E-state index contributed by atoms with van der Waals surface area (Å²) in [6, 6.07) is 26.0. The molecular weight excluding hydrogens is 665 g/mol. The Morgan fingerprint density at radius 1 is 0.848 bits per heavy atom. The first-order valence-corrected chi connectivity index (χ1v) is 17.5. The highest BCUT2D eigenvalue weighted by molar-refractivity contribution is 7.92. The third-order valence-corrected chi connectivity index (χ3v) is 10.3. The molecule has 0 radical (unpaired) electrons. The van der Waals surface area contributed by atoms with Crippen molar-refractivity contribution in [2.24, 2.45) is 0 Å². The van der Waals surface area contributed by atoms with E-state index >= 15 is 0 Å². The summed E-state index contributed by atoms with van der Waals surface area (Å²) in [5.74, 6) is -0.958. The Balaban J connectivity index is 1.82. The number of unbranched alkanes of at least 4 members (excludes halogenated alkanes) is 1. The van der Waals surface area contributed by atoms with E-state index in [1.54, 1.807) is 55.5 Å². The van der Waals surface area contributed by atoms with Crippen molar-refractivity contribution in [2.45, 2.75) is 50.6 Å². The highest BCUT2D eigenvalue weighted by Gasteiger charge is 2.35.